The average Bonchev–Trinajstić information content (AvgIpc) is 3.26. The minimum absolute atomic E-state index is 0.0538. The lowest BCUT2D eigenvalue weighted by atomic mass is 10.0. The summed E-state index contributed by atoms with van der Waals surface area (Å²) in [4.78, 5) is 158. The van der Waals surface area contributed by atoms with Crippen molar-refractivity contribution in [3.8, 4) is 0 Å². The molecule has 0 unspecified atom stereocenters. The van der Waals surface area contributed by atoms with Crippen molar-refractivity contribution in [2.24, 2.45) is 23.3 Å². The molecule has 5 atom stereocenters. The fourth-order valence-electron chi connectivity index (χ4n) is 5.43. The first kappa shape index (κ1) is 62.1. The highest BCUT2D eigenvalue weighted by Gasteiger charge is 2.38. The van der Waals surface area contributed by atoms with Crippen molar-refractivity contribution in [2.45, 2.75) is 89.8 Å². The van der Waals surface area contributed by atoms with E-state index in [9.17, 15) is 75.8 Å². The van der Waals surface area contributed by atoms with E-state index >= 15 is 0 Å². The summed E-state index contributed by atoms with van der Waals surface area (Å²) in [5.41, 5.74) is 11.3. The van der Waals surface area contributed by atoms with Crippen LogP contribution in [0, 0.1) is 11.8 Å². The number of primary amides is 1. The van der Waals surface area contributed by atoms with E-state index in [-0.39, 0.29) is 18.8 Å². The molecule has 0 fully saturated rings. The van der Waals surface area contributed by atoms with Gasteiger partial charge < -0.3 is 74.6 Å². The SMILES string of the molecule is CC(C)C[C@H](NC(=O)[C@H](CC(=O)O)NC(=O)[C@H](Cc1ccccc1)NC(=O)CN)C(=O)N[C@@H](CC(N)=O)C(=O)NCC(=O)NCC(=O)NCC(=O)N[C@H](C(=O)NCC(=O)O)C(C)C.O=C(O)C(F)(F)F. The number of nitrogens with one attached hydrogen (secondary N) is 9. The van der Waals surface area contributed by atoms with Crippen molar-refractivity contribution in [3.63, 3.8) is 0 Å². The highest BCUT2D eigenvalue weighted by atomic mass is 19.4. The highest BCUT2D eigenvalue weighted by Crippen LogP contribution is 2.13. The lowest BCUT2D eigenvalue weighted by Gasteiger charge is -2.26. The molecule has 0 saturated heterocycles. The Kier molecular flexibility index (Phi) is 27.7. The number of rotatable bonds is 28. The molecule has 0 bridgehead atoms. The van der Waals surface area contributed by atoms with Gasteiger partial charge in [-0.3, -0.25) is 57.5 Å². The third-order valence-electron chi connectivity index (χ3n) is 8.75. The maximum absolute atomic E-state index is 13.5. The van der Waals surface area contributed by atoms with Crippen LogP contribution in [0.2, 0.25) is 0 Å². The standard InChI is InChI=1S/C38H57N11O14.C2HF3O2/c1-19(2)10-22(46-37(62)25(13-31(55)56)48-36(61)23(45-27(51)14-39)11-21-8-6-5-7-9-21)35(60)47-24(12-26(40)50)34(59)43-16-29(53)41-15-28(52)42-17-30(54)49-33(20(3)4)38(63)44-18-32(57)58;3-2(4,5)1(6)7/h5-9,19-20,22-25,33H,10-18,39H2,1-4H3,(H2,40,50)(H,41,53)(H,42,52)(H,43,59)(H,44,63)(H,45,51)(H,46,62)(H,47,60)(H,48,61)(H,49,54)(H,55,56)(H,57,58);(H,6,7)/t22-,23-,24-,25-,33-;/m0./s1. The van der Waals surface area contributed by atoms with Gasteiger partial charge in [-0.15, -0.1) is 0 Å². The van der Waals surface area contributed by atoms with Crippen LogP contribution in [0.3, 0.4) is 0 Å². The molecule has 0 spiro atoms. The van der Waals surface area contributed by atoms with Crippen LogP contribution < -0.4 is 59.3 Å². The Labute approximate surface area is 396 Å². The summed E-state index contributed by atoms with van der Waals surface area (Å²) in [6.45, 7) is 3.32. The van der Waals surface area contributed by atoms with Gasteiger partial charge in [0.2, 0.25) is 59.1 Å². The number of benzene rings is 1. The Morgan fingerprint density at radius 3 is 1.46 bits per heavy atom. The van der Waals surface area contributed by atoms with Gasteiger partial charge in [-0.25, -0.2) is 4.79 Å². The van der Waals surface area contributed by atoms with E-state index in [4.69, 9.17) is 26.5 Å². The fourth-order valence-corrected chi connectivity index (χ4v) is 5.43. The second-order valence-corrected chi connectivity index (χ2v) is 15.6. The van der Waals surface area contributed by atoms with E-state index in [0.29, 0.717) is 5.56 Å². The quantitative estimate of drug-likeness (QED) is 0.0373. The molecule has 0 aliphatic heterocycles. The first-order chi connectivity index (χ1) is 32.5. The molecular formula is C40H58F3N11O16. The molecular weight excluding hydrogens is 947 g/mol. The van der Waals surface area contributed by atoms with Crippen molar-refractivity contribution < 1.29 is 90.8 Å². The Bertz CT molecular complexity index is 2040. The molecule has 1 aromatic carbocycles. The lowest BCUT2D eigenvalue weighted by Crippen LogP contribution is -2.59. The molecule has 16 N–H and O–H groups in total. The van der Waals surface area contributed by atoms with Crippen LogP contribution >= 0.6 is 0 Å². The second kappa shape index (κ2) is 31.2. The molecule has 0 heterocycles. The highest BCUT2D eigenvalue weighted by molar-refractivity contribution is 5.98. The molecule has 10 amide bonds. The third kappa shape index (κ3) is 27.0. The Balaban J connectivity index is 0.00000628. The van der Waals surface area contributed by atoms with Gasteiger partial charge in [-0.1, -0.05) is 58.0 Å². The van der Waals surface area contributed by atoms with Gasteiger partial charge in [0.15, 0.2) is 0 Å². The predicted octanol–water partition coefficient (Wildman–Crippen LogP) is -5.15. The minimum Gasteiger partial charge on any atom is -0.481 e. The lowest BCUT2D eigenvalue weighted by molar-refractivity contribution is -0.192. The van der Waals surface area contributed by atoms with Crippen LogP contribution in [-0.4, -0.2) is 161 Å². The summed E-state index contributed by atoms with van der Waals surface area (Å²) < 4.78 is 31.7. The number of carboxylic acid groups (broad SMARTS) is 3. The van der Waals surface area contributed by atoms with Crippen LogP contribution in [0.15, 0.2) is 30.3 Å². The van der Waals surface area contributed by atoms with E-state index in [1.54, 1.807) is 58.0 Å². The molecule has 70 heavy (non-hydrogen) atoms. The summed E-state index contributed by atoms with van der Waals surface area (Å²) in [6, 6.07) is 1.11. The predicted molar refractivity (Wildman–Crippen MR) is 233 cm³/mol. The fraction of sp³-hybridized carbons (Fsp3) is 0.525. The van der Waals surface area contributed by atoms with Crippen molar-refractivity contribution in [1.82, 2.24) is 47.9 Å². The van der Waals surface area contributed by atoms with Crippen LogP contribution in [0.25, 0.3) is 0 Å². The number of carbonyl (C=O) groups excluding carboxylic acids is 10. The molecule has 27 nitrogen and oxygen atoms in total. The molecule has 1 aromatic rings. The number of carboxylic acids is 3. The van der Waals surface area contributed by atoms with Gasteiger partial charge >= 0.3 is 24.1 Å². The minimum atomic E-state index is -5.08. The number of amides is 10. The van der Waals surface area contributed by atoms with Gasteiger partial charge in [0.05, 0.1) is 39.0 Å². The van der Waals surface area contributed by atoms with Gasteiger partial charge in [0.25, 0.3) is 0 Å². The van der Waals surface area contributed by atoms with Crippen LogP contribution in [-0.2, 0) is 68.7 Å². The summed E-state index contributed by atoms with van der Waals surface area (Å²) in [6.07, 6.45) is -6.95. The van der Waals surface area contributed by atoms with E-state index < -0.39 is 165 Å². The van der Waals surface area contributed by atoms with Crippen molar-refractivity contribution in [1.29, 1.82) is 0 Å². The number of hydrogen-bond acceptors (Lipinski definition) is 14. The molecule has 30 heteroatoms. The molecule has 0 aliphatic carbocycles. The Hall–Kier alpha value is -7.92. The van der Waals surface area contributed by atoms with E-state index in [1.165, 1.54) is 0 Å². The molecule has 0 aliphatic rings. The molecule has 0 aromatic heterocycles. The third-order valence-corrected chi connectivity index (χ3v) is 8.75. The van der Waals surface area contributed by atoms with Crippen molar-refractivity contribution in [2.75, 3.05) is 32.7 Å². The summed E-state index contributed by atoms with van der Waals surface area (Å²) in [5, 5.41) is 45.9. The van der Waals surface area contributed by atoms with E-state index in [1.807, 2.05) is 0 Å². The zero-order valence-corrected chi connectivity index (χ0v) is 38.2. The topological polar surface area (TPSA) is 443 Å². The number of hydrogen-bond donors (Lipinski definition) is 14. The average molecular weight is 1010 g/mol. The number of nitrogens with two attached hydrogens (primary N) is 2. The van der Waals surface area contributed by atoms with Crippen molar-refractivity contribution >= 4 is 77.0 Å². The van der Waals surface area contributed by atoms with Crippen LogP contribution in [0.5, 0.6) is 0 Å². The normalized spacial score (nSPS) is 12.9. The molecule has 390 valence electrons. The largest absolute Gasteiger partial charge is 0.490 e. The summed E-state index contributed by atoms with van der Waals surface area (Å²) in [7, 11) is 0. The Morgan fingerprint density at radius 1 is 0.543 bits per heavy atom. The van der Waals surface area contributed by atoms with Gasteiger partial charge in [-0.05, 0) is 23.8 Å². The second-order valence-electron chi connectivity index (χ2n) is 15.6. The van der Waals surface area contributed by atoms with Crippen LogP contribution in [0.4, 0.5) is 13.2 Å². The molecule has 0 saturated carbocycles. The van der Waals surface area contributed by atoms with Gasteiger partial charge in [0.1, 0.15) is 36.8 Å². The maximum Gasteiger partial charge on any atom is 0.490 e. The smallest absolute Gasteiger partial charge is 0.481 e. The number of alkyl halides is 3. The summed E-state index contributed by atoms with van der Waals surface area (Å²) >= 11 is 0. The van der Waals surface area contributed by atoms with E-state index in [0.717, 1.165) is 0 Å². The zero-order valence-electron chi connectivity index (χ0n) is 38.2. The van der Waals surface area contributed by atoms with Crippen LogP contribution in [0.1, 0.15) is 52.5 Å². The van der Waals surface area contributed by atoms with Gasteiger partial charge in [0, 0.05) is 6.42 Å². The number of carbonyl (C=O) groups is 13. The van der Waals surface area contributed by atoms with Crippen molar-refractivity contribution in [3.05, 3.63) is 35.9 Å². The maximum atomic E-state index is 13.5. The summed E-state index contributed by atoms with van der Waals surface area (Å²) in [5.74, 6) is -15.6. The number of halogens is 3. The molecule has 0 radical (unpaired) electrons. The molecule has 1 rings (SSSR count). The monoisotopic (exact) mass is 1010 g/mol. The zero-order chi connectivity index (χ0) is 53.9. The number of aliphatic carboxylic acids is 3. The first-order valence-corrected chi connectivity index (χ1v) is 20.8. The first-order valence-electron chi connectivity index (χ1n) is 20.8. The Morgan fingerprint density at radius 2 is 1.00 bits per heavy atom. The van der Waals surface area contributed by atoms with E-state index in [2.05, 4.69) is 47.9 Å². The van der Waals surface area contributed by atoms with Gasteiger partial charge in [-0.2, -0.15) is 13.2 Å².